The van der Waals surface area contributed by atoms with Crippen LogP contribution in [0.15, 0.2) is 12.2 Å². The molecule has 0 aromatic heterocycles. The molecule has 4 aliphatic rings. The summed E-state index contributed by atoms with van der Waals surface area (Å²) < 4.78 is 0. The van der Waals surface area contributed by atoms with Gasteiger partial charge in [0.1, 0.15) is 0 Å². The van der Waals surface area contributed by atoms with Crippen molar-refractivity contribution in [2.45, 2.75) is 12.8 Å². The van der Waals surface area contributed by atoms with Gasteiger partial charge < -0.3 is 0 Å². The van der Waals surface area contributed by atoms with Gasteiger partial charge in [-0.2, -0.15) is 0 Å². The Hall–Kier alpha value is -1.12. The van der Waals surface area contributed by atoms with E-state index in [9.17, 15) is 9.59 Å². The van der Waals surface area contributed by atoms with Crippen molar-refractivity contribution in [2.75, 3.05) is 7.05 Å². The molecule has 0 unspecified atom stereocenters. The third-order valence-electron chi connectivity index (χ3n) is 3.98. The fraction of sp³-hybridized carbons (Fsp3) is 0.636. The van der Waals surface area contributed by atoms with Crippen molar-refractivity contribution < 1.29 is 9.59 Å². The van der Waals surface area contributed by atoms with Crippen LogP contribution in [0, 0.1) is 23.7 Å². The first kappa shape index (κ1) is 8.21. The number of carbonyl (C=O) groups is 2. The molecule has 4 rings (SSSR count). The smallest absolute Gasteiger partial charge is 0.233 e. The summed E-state index contributed by atoms with van der Waals surface area (Å²) >= 11 is 0. The molecule has 0 spiro atoms. The van der Waals surface area contributed by atoms with E-state index in [2.05, 4.69) is 12.2 Å². The molecule has 1 aliphatic heterocycles. The van der Waals surface area contributed by atoms with Gasteiger partial charge in [0.2, 0.25) is 11.8 Å². The highest BCUT2D eigenvalue weighted by Crippen LogP contribution is 2.49. The summed E-state index contributed by atoms with van der Waals surface area (Å²) in [7, 11) is 1.61. The van der Waals surface area contributed by atoms with Crippen LogP contribution in [0.3, 0.4) is 0 Å². The Kier molecular flexibility index (Phi) is 1.45. The minimum atomic E-state index is -0.0313. The maximum atomic E-state index is 11.8. The molecule has 2 fully saturated rings. The molecule has 0 aromatic carbocycles. The van der Waals surface area contributed by atoms with E-state index < -0.39 is 0 Å². The molecule has 0 N–H and O–H groups in total. The third-order valence-corrected chi connectivity index (χ3v) is 3.98. The van der Waals surface area contributed by atoms with E-state index in [4.69, 9.17) is 0 Å². The van der Waals surface area contributed by atoms with Gasteiger partial charge in [0.25, 0.3) is 0 Å². The Balaban J connectivity index is 2.07. The highest BCUT2D eigenvalue weighted by molar-refractivity contribution is 6.05. The van der Waals surface area contributed by atoms with Crippen LogP contribution in [0.2, 0.25) is 0 Å². The lowest BCUT2D eigenvalue weighted by molar-refractivity contribution is -0.138. The van der Waals surface area contributed by atoms with Crippen molar-refractivity contribution >= 4 is 11.8 Å². The van der Waals surface area contributed by atoms with Crippen LogP contribution in [0.1, 0.15) is 12.8 Å². The Bertz CT molecular complexity index is 315. The topological polar surface area (TPSA) is 37.4 Å². The summed E-state index contributed by atoms with van der Waals surface area (Å²) in [5.74, 6) is 0.670. The lowest BCUT2D eigenvalue weighted by Gasteiger charge is -2.38. The lowest BCUT2D eigenvalue weighted by atomic mass is 9.63. The summed E-state index contributed by atoms with van der Waals surface area (Å²) in [6.45, 7) is 0. The fourth-order valence-electron chi connectivity index (χ4n) is 3.22. The molecule has 3 heteroatoms. The normalized spacial score (nSPS) is 44.8. The number of imide groups is 1. The molecular formula is C11H13NO2. The molecule has 4 atom stereocenters. The Morgan fingerprint density at radius 3 is 1.86 bits per heavy atom. The molecule has 0 aromatic rings. The van der Waals surface area contributed by atoms with Gasteiger partial charge in [-0.05, 0) is 24.7 Å². The lowest BCUT2D eigenvalue weighted by Crippen LogP contribution is -2.38. The van der Waals surface area contributed by atoms with Crippen LogP contribution in [-0.4, -0.2) is 23.8 Å². The first-order valence-corrected chi connectivity index (χ1v) is 5.20. The van der Waals surface area contributed by atoms with Gasteiger partial charge in [0.15, 0.2) is 0 Å². The van der Waals surface area contributed by atoms with Crippen molar-refractivity contribution in [1.82, 2.24) is 4.90 Å². The van der Waals surface area contributed by atoms with E-state index in [1.165, 1.54) is 4.90 Å². The quantitative estimate of drug-likeness (QED) is 0.420. The molecular weight excluding hydrogens is 178 g/mol. The van der Waals surface area contributed by atoms with Crippen molar-refractivity contribution in [3.8, 4) is 0 Å². The van der Waals surface area contributed by atoms with Gasteiger partial charge in [-0.15, -0.1) is 0 Å². The van der Waals surface area contributed by atoms with Crippen molar-refractivity contribution in [3.05, 3.63) is 12.2 Å². The van der Waals surface area contributed by atoms with Crippen molar-refractivity contribution in [2.24, 2.45) is 23.7 Å². The predicted molar refractivity (Wildman–Crippen MR) is 50.1 cm³/mol. The summed E-state index contributed by atoms with van der Waals surface area (Å²) in [5.41, 5.74) is 0. The van der Waals surface area contributed by atoms with Crippen molar-refractivity contribution in [1.29, 1.82) is 0 Å². The molecule has 0 radical (unpaired) electrons. The van der Waals surface area contributed by atoms with Crippen LogP contribution in [0.5, 0.6) is 0 Å². The predicted octanol–water partition coefficient (Wildman–Crippen LogP) is 0.813. The first-order valence-electron chi connectivity index (χ1n) is 5.20. The number of carbonyl (C=O) groups excluding carboxylic acids is 2. The Morgan fingerprint density at radius 1 is 1.07 bits per heavy atom. The number of amides is 2. The Labute approximate surface area is 82.8 Å². The zero-order valence-corrected chi connectivity index (χ0v) is 8.14. The van der Waals surface area contributed by atoms with Crippen LogP contribution >= 0.6 is 0 Å². The zero-order valence-electron chi connectivity index (χ0n) is 8.14. The highest BCUT2D eigenvalue weighted by Gasteiger charge is 2.55. The maximum Gasteiger partial charge on any atom is 0.233 e. The first-order chi connectivity index (χ1) is 6.70. The third kappa shape index (κ3) is 0.781. The van der Waals surface area contributed by atoms with E-state index in [1.54, 1.807) is 7.05 Å². The van der Waals surface area contributed by atoms with E-state index in [1.807, 2.05) is 0 Å². The van der Waals surface area contributed by atoms with E-state index in [0.29, 0.717) is 11.8 Å². The second-order valence-corrected chi connectivity index (χ2v) is 4.58. The van der Waals surface area contributed by atoms with E-state index >= 15 is 0 Å². The number of allylic oxidation sites excluding steroid dienone is 2. The summed E-state index contributed by atoms with van der Waals surface area (Å²) in [6.07, 6.45) is 6.43. The molecule has 1 saturated carbocycles. The number of rotatable bonds is 0. The molecule has 3 aliphatic carbocycles. The average molecular weight is 191 g/mol. The molecule has 2 bridgehead atoms. The molecule has 1 saturated heterocycles. The largest absolute Gasteiger partial charge is 0.285 e. The second-order valence-electron chi connectivity index (χ2n) is 4.58. The van der Waals surface area contributed by atoms with Crippen LogP contribution < -0.4 is 0 Å². The minimum Gasteiger partial charge on any atom is -0.285 e. The van der Waals surface area contributed by atoms with Gasteiger partial charge in [0.05, 0.1) is 11.8 Å². The number of hydrogen-bond donors (Lipinski definition) is 0. The van der Waals surface area contributed by atoms with Gasteiger partial charge in [-0.3, -0.25) is 14.5 Å². The molecule has 74 valence electrons. The minimum absolute atomic E-state index is 0.0313. The van der Waals surface area contributed by atoms with E-state index in [-0.39, 0.29) is 23.7 Å². The molecule has 3 nitrogen and oxygen atoms in total. The summed E-state index contributed by atoms with van der Waals surface area (Å²) in [5, 5.41) is 0. The highest BCUT2D eigenvalue weighted by atomic mass is 16.2. The van der Waals surface area contributed by atoms with E-state index in [0.717, 1.165) is 12.8 Å². The van der Waals surface area contributed by atoms with Crippen LogP contribution in [-0.2, 0) is 9.59 Å². The maximum absolute atomic E-state index is 11.8. The zero-order chi connectivity index (χ0) is 9.87. The fourth-order valence-corrected chi connectivity index (χ4v) is 3.22. The SMILES string of the molecule is CN1C(=O)[C@H]2[C@H](C1=O)[C@H]1C=C[C@H]2CC1. The number of likely N-dealkylation sites (tertiary alicyclic amines) is 1. The van der Waals surface area contributed by atoms with Gasteiger partial charge >= 0.3 is 0 Å². The average Bonchev–Trinajstić information content (AvgIpc) is 2.47. The van der Waals surface area contributed by atoms with Gasteiger partial charge in [-0.1, -0.05) is 12.2 Å². The number of nitrogens with zero attached hydrogens (tertiary/aromatic N) is 1. The van der Waals surface area contributed by atoms with Gasteiger partial charge in [-0.25, -0.2) is 0 Å². The summed E-state index contributed by atoms with van der Waals surface area (Å²) in [4.78, 5) is 24.9. The van der Waals surface area contributed by atoms with Crippen LogP contribution in [0.4, 0.5) is 0 Å². The molecule has 1 heterocycles. The monoisotopic (exact) mass is 191 g/mol. The van der Waals surface area contributed by atoms with Crippen molar-refractivity contribution in [3.63, 3.8) is 0 Å². The Morgan fingerprint density at radius 2 is 1.50 bits per heavy atom. The standard InChI is InChI=1S/C11H13NO2/c1-12-10(13)8-6-2-3-7(5-4-6)9(8)11(12)14/h2-3,6-9H,4-5H2,1H3/t6-,7-,8+,9+/m0/s1. The van der Waals surface area contributed by atoms with Gasteiger partial charge in [0, 0.05) is 7.05 Å². The summed E-state index contributed by atoms with van der Waals surface area (Å²) in [6, 6.07) is 0. The molecule has 14 heavy (non-hydrogen) atoms. The number of fused-ring (bicyclic) bond motifs is 1. The molecule has 2 amide bonds. The number of hydrogen-bond acceptors (Lipinski definition) is 2. The van der Waals surface area contributed by atoms with Crippen LogP contribution in [0.25, 0.3) is 0 Å². The second kappa shape index (κ2) is 2.47.